The Morgan fingerprint density at radius 3 is 2.42 bits per heavy atom. The van der Waals surface area contributed by atoms with Gasteiger partial charge in [-0.1, -0.05) is 12.1 Å². The number of hydrogen-bond donors (Lipinski definition) is 1. The van der Waals surface area contributed by atoms with E-state index < -0.39 is 29.0 Å². The summed E-state index contributed by atoms with van der Waals surface area (Å²) in [6.07, 6.45) is -4.71. The van der Waals surface area contributed by atoms with Crippen molar-refractivity contribution in [3.8, 4) is 6.07 Å². The van der Waals surface area contributed by atoms with Crippen LogP contribution in [0.25, 0.3) is 0 Å². The van der Waals surface area contributed by atoms with E-state index in [1.54, 1.807) is 6.07 Å². The molecule has 5 nitrogen and oxygen atoms in total. The fourth-order valence-electron chi connectivity index (χ4n) is 2.26. The molecule has 0 atom stereocenters. The summed E-state index contributed by atoms with van der Waals surface area (Å²) in [7, 11) is 0. The number of ketones is 1. The van der Waals surface area contributed by atoms with E-state index >= 15 is 0 Å². The summed E-state index contributed by atoms with van der Waals surface area (Å²) in [6, 6.07) is 5.93. The highest BCUT2D eigenvalue weighted by molar-refractivity contribution is 6.07. The number of halogens is 3. The lowest BCUT2D eigenvalue weighted by Crippen LogP contribution is -2.18. The van der Waals surface area contributed by atoms with Crippen molar-refractivity contribution >= 4 is 17.6 Å². The van der Waals surface area contributed by atoms with Gasteiger partial charge in [0.25, 0.3) is 5.91 Å². The van der Waals surface area contributed by atoms with E-state index in [2.05, 4.69) is 5.32 Å². The lowest BCUT2D eigenvalue weighted by atomic mass is 10.1. The number of Topliss-reactive ketones (excluding diaryl/α,β-unsaturated/α-hetero) is 1. The van der Waals surface area contributed by atoms with Gasteiger partial charge in [-0.15, -0.1) is 0 Å². The summed E-state index contributed by atoms with van der Waals surface area (Å²) >= 11 is 0. The van der Waals surface area contributed by atoms with Gasteiger partial charge in [-0.2, -0.15) is 18.4 Å². The lowest BCUT2D eigenvalue weighted by molar-refractivity contribution is -0.137. The van der Waals surface area contributed by atoms with Crippen LogP contribution in [0.5, 0.6) is 0 Å². The van der Waals surface area contributed by atoms with Gasteiger partial charge in [0, 0.05) is 0 Å². The Morgan fingerprint density at radius 1 is 1.25 bits per heavy atom. The van der Waals surface area contributed by atoms with Crippen LogP contribution >= 0.6 is 0 Å². The van der Waals surface area contributed by atoms with E-state index in [1.165, 1.54) is 19.9 Å². The van der Waals surface area contributed by atoms with E-state index in [-0.39, 0.29) is 22.8 Å². The van der Waals surface area contributed by atoms with Crippen molar-refractivity contribution in [1.82, 2.24) is 0 Å². The fourth-order valence-corrected chi connectivity index (χ4v) is 2.26. The zero-order chi connectivity index (χ0) is 18.1. The maximum Gasteiger partial charge on any atom is 0.417 e. The number of benzene rings is 1. The third-order valence-electron chi connectivity index (χ3n) is 3.25. The van der Waals surface area contributed by atoms with Crippen LogP contribution in [0.2, 0.25) is 0 Å². The van der Waals surface area contributed by atoms with Crippen molar-refractivity contribution in [2.45, 2.75) is 20.0 Å². The topological polar surface area (TPSA) is 83.1 Å². The van der Waals surface area contributed by atoms with Gasteiger partial charge in [-0.25, -0.2) is 0 Å². The summed E-state index contributed by atoms with van der Waals surface area (Å²) < 4.78 is 44.1. The molecule has 2 aromatic rings. The fraction of sp³-hybridized carbons (Fsp3) is 0.188. The number of alkyl halides is 3. The molecule has 1 heterocycles. The summed E-state index contributed by atoms with van der Waals surface area (Å²) in [6.45, 7) is 2.63. The van der Waals surface area contributed by atoms with Crippen LogP contribution in [0, 0.1) is 18.3 Å². The number of aryl methyl sites for hydroxylation is 1. The number of carbonyl (C=O) groups excluding carboxylic acids is 2. The Hall–Kier alpha value is -3.08. The van der Waals surface area contributed by atoms with Gasteiger partial charge in [0.05, 0.1) is 16.7 Å². The number of carbonyl (C=O) groups is 2. The van der Waals surface area contributed by atoms with Crippen molar-refractivity contribution in [3.63, 3.8) is 0 Å². The first-order valence-corrected chi connectivity index (χ1v) is 6.68. The first-order chi connectivity index (χ1) is 11.2. The molecule has 24 heavy (non-hydrogen) atoms. The maximum atomic E-state index is 13.0. The number of furan rings is 1. The molecule has 0 unspecified atom stereocenters. The molecule has 1 amide bonds. The van der Waals surface area contributed by atoms with Crippen LogP contribution in [0.4, 0.5) is 19.1 Å². The zero-order valence-electron chi connectivity index (χ0n) is 12.6. The molecule has 0 saturated carbocycles. The van der Waals surface area contributed by atoms with Crippen LogP contribution < -0.4 is 5.32 Å². The lowest BCUT2D eigenvalue weighted by Gasteiger charge is -2.11. The Labute approximate surface area is 134 Å². The van der Waals surface area contributed by atoms with Crippen LogP contribution in [0.3, 0.4) is 0 Å². The molecule has 8 heteroatoms. The van der Waals surface area contributed by atoms with E-state index in [0.717, 1.165) is 18.2 Å². The number of rotatable bonds is 3. The number of nitrogens with one attached hydrogen (secondary N) is 1. The Kier molecular flexibility index (Phi) is 4.46. The smallest absolute Gasteiger partial charge is 0.417 e. The van der Waals surface area contributed by atoms with E-state index in [9.17, 15) is 22.8 Å². The molecule has 0 saturated heterocycles. The predicted octanol–water partition coefficient (Wildman–Crippen LogP) is 3.93. The molecule has 0 aliphatic rings. The molecule has 1 aromatic carbocycles. The van der Waals surface area contributed by atoms with Gasteiger partial charge >= 0.3 is 6.18 Å². The zero-order valence-corrected chi connectivity index (χ0v) is 12.6. The molecule has 124 valence electrons. The first kappa shape index (κ1) is 17.3. The first-order valence-electron chi connectivity index (χ1n) is 6.68. The second-order valence-electron chi connectivity index (χ2n) is 4.90. The highest BCUT2D eigenvalue weighted by Crippen LogP contribution is 2.33. The van der Waals surface area contributed by atoms with Gasteiger partial charge in [0.2, 0.25) is 5.88 Å². The summed E-state index contributed by atoms with van der Waals surface area (Å²) in [5, 5.41) is 11.3. The third-order valence-corrected chi connectivity index (χ3v) is 3.25. The number of amides is 1. The minimum atomic E-state index is -4.71. The second-order valence-corrected chi connectivity index (χ2v) is 4.90. The van der Waals surface area contributed by atoms with Crippen LogP contribution in [-0.4, -0.2) is 11.7 Å². The number of anilines is 1. The number of nitriles is 1. The summed E-state index contributed by atoms with van der Waals surface area (Å²) in [5.74, 6) is -1.81. The van der Waals surface area contributed by atoms with Crippen LogP contribution in [0.15, 0.2) is 28.7 Å². The molecule has 0 spiro atoms. The molecule has 0 fully saturated rings. The molecule has 0 bridgehead atoms. The SMILES string of the molecule is CC(=O)c1c(C)oc(NC(=O)c2ccccc2C(F)(F)F)c1C#N. The summed E-state index contributed by atoms with van der Waals surface area (Å²) in [5.41, 5.74) is -1.97. The molecular weight excluding hydrogens is 325 g/mol. The standard InChI is InChI=1S/C16H11F3N2O3/c1-8(22)13-9(2)24-15(11(13)7-20)21-14(23)10-5-3-4-6-12(10)16(17,18)19/h3-6H,1-2H3,(H,21,23). The average Bonchev–Trinajstić information content (AvgIpc) is 2.81. The van der Waals surface area contributed by atoms with Crippen LogP contribution in [0.1, 0.15) is 44.5 Å². The minimum absolute atomic E-state index is 0.0168. The highest BCUT2D eigenvalue weighted by atomic mass is 19.4. The van der Waals surface area contributed by atoms with E-state index in [1.807, 2.05) is 0 Å². The monoisotopic (exact) mass is 336 g/mol. The van der Waals surface area contributed by atoms with E-state index in [4.69, 9.17) is 9.68 Å². The molecule has 1 N–H and O–H groups in total. The number of hydrogen-bond acceptors (Lipinski definition) is 4. The van der Waals surface area contributed by atoms with Crippen molar-refractivity contribution in [2.75, 3.05) is 5.32 Å². The van der Waals surface area contributed by atoms with Crippen molar-refractivity contribution in [3.05, 3.63) is 52.3 Å². The minimum Gasteiger partial charge on any atom is -0.443 e. The van der Waals surface area contributed by atoms with E-state index in [0.29, 0.717) is 0 Å². The molecule has 0 radical (unpaired) electrons. The molecule has 1 aromatic heterocycles. The van der Waals surface area contributed by atoms with Crippen molar-refractivity contribution in [2.24, 2.45) is 0 Å². The third kappa shape index (κ3) is 3.15. The van der Waals surface area contributed by atoms with Gasteiger partial charge in [0.1, 0.15) is 17.4 Å². The normalized spacial score (nSPS) is 11.0. The Bertz CT molecular complexity index is 860. The molecular formula is C16H11F3N2O3. The molecule has 2 rings (SSSR count). The van der Waals surface area contributed by atoms with Gasteiger partial charge < -0.3 is 4.42 Å². The average molecular weight is 336 g/mol. The van der Waals surface area contributed by atoms with Gasteiger partial charge in [0.15, 0.2) is 5.78 Å². The Balaban J connectivity index is 2.45. The predicted molar refractivity (Wildman–Crippen MR) is 77.6 cm³/mol. The van der Waals surface area contributed by atoms with Gasteiger partial charge in [-0.3, -0.25) is 14.9 Å². The highest BCUT2D eigenvalue weighted by Gasteiger charge is 2.35. The number of nitrogens with zero attached hydrogens (tertiary/aromatic N) is 1. The van der Waals surface area contributed by atoms with Gasteiger partial charge in [-0.05, 0) is 26.0 Å². The molecule has 0 aliphatic heterocycles. The summed E-state index contributed by atoms with van der Waals surface area (Å²) in [4.78, 5) is 23.7. The largest absolute Gasteiger partial charge is 0.443 e. The second kappa shape index (κ2) is 6.20. The van der Waals surface area contributed by atoms with Crippen LogP contribution in [-0.2, 0) is 6.18 Å². The maximum absolute atomic E-state index is 13.0. The Morgan fingerprint density at radius 2 is 1.88 bits per heavy atom. The van der Waals surface area contributed by atoms with Crippen molar-refractivity contribution in [1.29, 1.82) is 5.26 Å². The van der Waals surface area contributed by atoms with Crippen molar-refractivity contribution < 1.29 is 27.2 Å². The molecule has 0 aliphatic carbocycles. The quantitative estimate of drug-likeness (QED) is 0.861.